The molecule has 1 heterocycles. The molecule has 0 unspecified atom stereocenters. The summed E-state index contributed by atoms with van der Waals surface area (Å²) < 4.78 is 0. The van der Waals surface area contributed by atoms with Gasteiger partial charge in [-0.1, -0.05) is 19.8 Å². The molecule has 2 fully saturated rings. The van der Waals surface area contributed by atoms with Gasteiger partial charge in [-0.2, -0.15) is 0 Å². The predicted molar refractivity (Wildman–Crippen MR) is 76.4 cm³/mol. The van der Waals surface area contributed by atoms with E-state index < -0.39 is 11.5 Å². The molecular weight excluding hydrogens is 256 g/mol. The van der Waals surface area contributed by atoms with Gasteiger partial charge in [0.1, 0.15) is 5.54 Å². The summed E-state index contributed by atoms with van der Waals surface area (Å²) in [5.41, 5.74) is -1.04. The van der Waals surface area contributed by atoms with Gasteiger partial charge in [0.25, 0.3) is 0 Å². The van der Waals surface area contributed by atoms with Crippen molar-refractivity contribution in [3.8, 4) is 0 Å². The van der Waals surface area contributed by atoms with Gasteiger partial charge in [-0.05, 0) is 51.0 Å². The first-order valence-electron chi connectivity index (χ1n) is 7.86. The smallest absolute Gasteiger partial charge is 0.329 e. The topological polar surface area (TPSA) is 78.4 Å². The molecule has 0 aromatic heterocycles. The molecule has 1 aliphatic carbocycles. The summed E-state index contributed by atoms with van der Waals surface area (Å²) in [7, 11) is 0. The number of carboxylic acids is 1. The van der Waals surface area contributed by atoms with Crippen molar-refractivity contribution in [1.82, 2.24) is 10.6 Å². The fraction of sp³-hybridized carbons (Fsp3) is 0.867. The number of amides is 1. The Morgan fingerprint density at radius 3 is 2.45 bits per heavy atom. The van der Waals surface area contributed by atoms with Gasteiger partial charge in [0, 0.05) is 0 Å². The first kappa shape index (κ1) is 15.3. The van der Waals surface area contributed by atoms with Crippen LogP contribution in [-0.4, -0.2) is 35.1 Å². The van der Waals surface area contributed by atoms with Crippen molar-refractivity contribution in [2.24, 2.45) is 5.92 Å². The first-order valence-corrected chi connectivity index (χ1v) is 7.86. The Balaban J connectivity index is 1.98. The maximum Gasteiger partial charge on any atom is 0.329 e. The van der Waals surface area contributed by atoms with E-state index in [1.54, 1.807) is 0 Å². The average Bonchev–Trinajstić information content (AvgIpc) is 2.48. The summed E-state index contributed by atoms with van der Waals surface area (Å²) in [6.45, 7) is 2.99. The van der Waals surface area contributed by atoms with Gasteiger partial charge in [0.15, 0.2) is 0 Å². The summed E-state index contributed by atoms with van der Waals surface area (Å²) in [6.07, 6.45) is 6.91. The Morgan fingerprint density at radius 1 is 1.25 bits per heavy atom. The van der Waals surface area contributed by atoms with Crippen LogP contribution in [-0.2, 0) is 9.59 Å². The number of rotatable bonds is 4. The van der Waals surface area contributed by atoms with Crippen LogP contribution >= 0.6 is 0 Å². The lowest BCUT2D eigenvalue weighted by Crippen LogP contribution is -2.60. The number of carboxylic acid groups (broad SMARTS) is 1. The molecule has 2 aliphatic rings. The van der Waals surface area contributed by atoms with E-state index in [-0.39, 0.29) is 11.9 Å². The van der Waals surface area contributed by atoms with E-state index in [9.17, 15) is 14.7 Å². The van der Waals surface area contributed by atoms with Crippen LogP contribution in [0, 0.1) is 5.92 Å². The Bertz CT molecular complexity index is 356. The first-order chi connectivity index (χ1) is 9.57. The van der Waals surface area contributed by atoms with Gasteiger partial charge >= 0.3 is 5.97 Å². The van der Waals surface area contributed by atoms with Crippen LogP contribution in [0.4, 0.5) is 0 Å². The second kappa shape index (κ2) is 6.57. The molecule has 0 radical (unpaired) electrons. The highest BCUT2D eigenvalue weighted by atomic mass is 16.4. The zero-order valence-electron chi connectivity index (χ0n) is 12.3. The molecule has 0 aromatic carbocycles. The van der Waals surface area contributed by atoms with Crippen LogP contribution in [0.3, 0.4) is 0 Å². The molecule has 1 saturated carbocycles. The monoisotopic (exact) mass is 282 g/mol. The molecule has 0 bridgehead atoms. The highest BCUT2D eigenvalue weighted by molar-refractivity contribution is 5.89. The quantitative estimate of drug-likeness (QED) is 0.733. The molecule has 1 atom stereocenters. The van der Waals surface area contributed by atoms with Crippen LogP contribution in [0.2, 0.25) is 0 Å². The molecule has 1 aliphatic heterocycles. The molecule has 0 aromatic rings. The number of carbonyl (C=O) groups is 2. The van der Waals surface area contributed by atoms with Gasteiger partial charge < -0.3 is 15.7 Å². The van der Waals surface area contributed by atoms with Crippen LogP contribution in [0.5, 0.6) is 0 Å². The standard InChI is InChI=1S/C15H26N2O3/c1-2-11-6-8-15(9-7-11,14(19)20)17-13(18)12-5-3-4-10-16-12/h11-12,16H,2-10H2,1H3,(H,17,18)(H,19,20)/t11?,12-,15?/m1/s1. The minimum atomic E-state index is -1.04. The highest BCUT2D eigenvalue weighted by Crippen LogP contribution is 2.34. The number of piperidine rings is 1. The van der Waals surface area contributed by atoms with Crippen LogP contribution in [0.1, 0.15) is 58.3 Å². The summed E-state index contributed by atoms with van der Waals surface area (Å²) in [5.74, 6) is -0.412. The third kappa shape index (κ3) is 3.32. The van der Waals surface area contributed by atoms with Crippen molar-refractivity contribution in [1.29, 1.82) is 0 Å². The van der Waals surface area contributed by atoms with Crippen molar-refractivity contribution in [3.05, 3.63) is 0 Å². The molecule has 1 saturated heterocycles. The van der Waals surface area contributed by atoms with Gasteiger partial charge in [0.2, 0.25) is 5.91 Å². The number of nitrogens with one attached hydrogen (secondary N) is 2. The normalized spacial score (nSPS) is 34.5. The third-order valence-corrected chi connectivity index (χ3v) is 4.93. The van der Waals surface area contributed by atoms with Crippen LogP contribution in [0.25, 0.3) is 0 Å². The predicted octanol–water partition coefficient (Wildman–Crippen LogP) is 1.67. The van der Waals surface area contributed by atoms with Gasteiger partial charge in [-0.15, -0.1) is 0 Å². The second-order valence-electron chi connectivity index (χ2n) is 6.23. The molecular formula is C15H26N2O3. The molecule has 1 amide bonds. The van der Waals surface area contributed by atoms with Crippen molar-refractivity contribution in [2.75, 3.05) is 6.54 Å². The summed E-state index contributed by atoms with van der Waals surface area (Å²) in [4.78, 5) is 23.9. The van der Waals surface area contributed by atoms with Crippen LogP contribution < -0.4 is 10.6 Å². The van der Waals surface area contributed by atoms with Gasteiger partial charge in [-0.25, -0.2) is 4.79 Å². The maximum absolute atomic E-state index is 12.3. The lowest BCUT2D eigenvalue weighted by molar-refractivity contribution is -0.150. The third-order valence-electron chi connectivity index (χ3n) is 4.93. The van der Waals surface area contributed by atoms with Gasteiger partial charge in [0.05, 0.1) is 6.04 Å². The summed E-state index contributed by atoms with van der Waals surface area (Å²) >= 11 is 0. The number of carbonyl (C=O) groups excluding carboxylic acids is 1. The minimum Gasteiger partial charge on any atom is -0.480 e. The van der Waals surface area contributed by atoms with E-state index in [1.165, 1.54) is 0 Å². The van der Waals surface area contributed by atoms with E-state index in [0.717, 1.165) is 45.1 Å². The average molecular weight is 282 g/mol. The lowest BCUT2D eigenvalue weighted by atomic mass is 9.75. The van der Waals surface area contributed by atoms with E-state index in [0.29, 0.717) is 18.8 Å². The second-order valence-corrected chi connectivity index (χ2v) is 6.23. The molecule has 0 spiro atoms. The largest absolute Gasteiger partial charge is 0.480 e. The van der Waals surface area contributed by atoms with E-state index in [4.69, 9.17) is 0 Å². The fourth-order valence-corrected chi connectivity index (χ4v) is 3.37. The number of aliphatic carboxylic acids is 1. The molecule has 3 N–H and O–H groups in total. The SMILES string of the molecule is CCC1CCC(NC(=O)[C@H]2CCCCN2)(C(=O)O)CC1. The molecule has 20 heavy (non-hydrogen) atoms. The number of hydrogen-bond donors (Lipinski definition) is 3. The lowest BCUT2D eigenvalue weighted by Gasteiger charge is -2.38. The van der Waals surface area contributed by atoms with E-state index in [1.807, 2.05) is 0 Å². The zero-order valence-corrected chi connectivity index (χ0v) is 12.3. The van der Waals surface area contributed by atoms with Crippen molar-refractivity contribution >= 4 is 11.9 Å². The van der Waals surface area contributed by atoms with E-state index in [2.05, 4.69) is 17.6 Å². The van der Waals surface area contributed by atoms with Crippen molar-refractivity contribution in [3.63, 3.8) is 0 Å². The van der Waals surface area contributed by atoms with Crippen molar-refractivity contribution in [2.45, 2.75) is 69.9 Å². The Labute approximate surface area is 120 Å². The fourth-order valence-electron chi connectivity index (χ4n) is 3.37. The molecule has 5 heteroatoms. The molecule has 114 valence electrons. The Hall–Kier alpha value is -1.10. The summed E-state index contributed by atoms with van der Waals surface area (Å²) in [5, 5.41) is 15.6. The zero-order chi connectivity index (χ0) is 14.6. The number of hydrogen-bond acceptors (Lipinski definition) is 3. The van der Waals surface area contributed by atoms with E-state index >= 15 is 0 Å². The maximum atomic E-state index is 12.3. The van der Waals surface area contributed by atoms with Crippen molar-refractivity contribution < 1.29 is 14.7 Å². The van der Waals surface area contributed by atoms with Crippen LogP contribution in [0.15, 0.2) is 0 Å². The highest BCUT2D eigenvalue weighted by Gasteiger charge is 2.43. The minimum absolute atomic E-state index is 0.137. The molecule has 2 rings (SSSR count). The molecule has 5 nitrogen and oxygen atoms in total. The Morgan fingerprint density at radius 2 is 1.95 bits per heavy atom. The summed E-state index contributed by atoms with van der Waals surface area (Å²) in [6, 6.07) is -0.219. The van der Waals surface area contributed by atoms with Gasteiger partial charge in [-0.3, -0.25) is 4.79 Å². The Kier molecular flexibility index (Phi) is 5.02.